The predicted octanol–water partition coefficient (Wildman–Crippen LogP) is 1.93. The Kier molecular flexibility index (Phi) is 15.1. The van der Waals surface area contributed by atoms with Crippen LogP contribution in [0.4, 0.5) is 0 Å². The molecule has 1 aliphatic heterocycles. The molecule has 1 aromatic heterocycles. The van der Waals surface area contributed by atoms with Crippen LogP contribution in [0.15, 0.2) is 29.8 Å². The van der Waals surface area contributed by atoms with Gasteiger partial charge in [0.1, 0.15) is 25.3 Å². The molecule has 0 unspecified atom stereocenters. The maximum atomic E-state index is 13.7. The Labute approximate surface area is 275 Å². The first-order chi connectivity index (χ1) is 22.0. The van der Waals surface area contributed by atoms with Gasteiger partial charge in [0.15, 0.2) is 0 Å². The lowest BCUT2D eigenvalue weighted by Gasteiger charge is -2.35. The quantitative estimate of drug-likeness (QED) is 0.161. The van der Waals surface area contributed by atoms with Crippen molar-refractivity contribution >= 4 is 29.1 Å². The van der Waals surface area contributed by atoms with Crippen LogP contribution < -0.4 is 10.6 Å². The number of benzene rings is 1. The molecule has 3 amide bonds. The monoisotopic (exact) mass is 658 g/mol. The number of rotatable bonds is 18. The number of nitrogens with zero attached hydrogens (tertiary/aromatic N) is 2. The number of aromatic nitrogens is 1. The number of carbonyl (C=O) groups excluding carboxylic acids is 3. The van der Waals surface area contributed by atoms with Crippen molar-refractivity contribution in [3.8, 4) is 22.8 Å². The molecule has 46 heavy (non-hydrogen) atoms. The van der Waals surface area contributed by atoms with E-state index in [9.17, 15) is 19.5 Å². The summed E-state index contributed by atoms with van der Waals surface area (Å²) in [4.78, 5) is 46.5. The summed E-state index contributed by atoms with van der Waals surface area (Å²) in [7, 11) is 0. The fourth-order valence-electron chi connectivity index (χ4n) is 4.84. The Morgan fingerprint density at radius 3 is 2.28 bits per heavy atom. The van der Waals surface area contributed by atoms with Crippen molar-refractivity contribution in [1.82, 2.24) is 20.5 Å². The summed E-state index contributed by atoms with van der Waals surface area (Å²) < 4.78 is 21.3. The van der Waals surface area contributed by atoms with E-state index in [1.165, 1.54) is 4.90 Å². The third-order valence-corrected chi connectivity index (χ3v) is 8.22. The normalized spacial score (nSPS) is 17.0. The van der Waals surface area contributed by atoms with Crippen LogP contribution in [0.25, 0.3) is 10.4 Å². The fourth-order valence-corrected chi connectivity index (χ4v) is 5.65. The van der Waals surface area contributed by atoms with Crippen molar-refractivity contribution in [3.05, 3.63) is 41.0 Å². The van der Waals surface area contributed by atoms with E-state index in [1.54, 1.807) is 11.3 Å². The summed E-state index contributed by atoms with van der Waals surface area (Å²) in [6.07, 6.45) is 4.35. The largest absolute Gasteiger partial charge is 0.391 e. The molecule has 12 nitrogen and oxygen atoms in total. The van der Waals surface area contributed by atoms with E-state index in [-0.39, 0.29) is 51.8 Å². The van der Waals surface area contributed by atoms with Gasteiger partial charge in [-0.2, -0.15) is 0 Å². The molecule has 1 saturated heterocycles. The van der Waals surface area contributed by atoms with Crippen molar-refractivity contribution in [1.29, 1.82) is 0 Å². The van der Waals surface area contributed by atoms with Gasteiger partial charge in [0, 0.05) is 19.5 Å². The standard InChI is InChI=1S/C33H46N4O8S/c1-6-11-42-12-13-43-14-15-44-16-17-45-21-28(39)36-30(33(3,4)5)32(41)37-20-26(38)18-27(37)31(40)34-19-24-7-9-25(10-8-24)29-23(2)35-22-46-29/h1,7-10,22,26-27,30,38H,11-21H2,2-5H3,(H,34,40)(H,36,39)/t26-,27+,30-/m1/s1. The number of carbonyl (C=O) groups is 3. The van der Waals surface area contributed by atoms with E-state index in [1.807, 2.05) is 57.5 Å². The fraction of sp³-hybridized carbons (Fsp3) is 0.576. The number of terminal acetylenes is 1. The van der Waals surface area contributed by atoms with Crippen molar-refractivity contribution in [2.75, 3.05) is 59.4 Å². The predicted molar refractivity (Wildman–Crippen MR) is 174 cm³/mol. The summed E-state index contributed by atoms with van der Waals surface area (Å²) in [5.74, 6) is 1.11. The van der Waals surface area contributed by atoms with Crippen LogP contribution >= 0.6 is 11.3 Å². The Hall–Kier alpha value is -3.38. The summed E-state index contributed by atoms with van der Waals surface area (Å²) in [6.45, 7) is 9.73. The highest BCUT2D eigenvalue weighted by Gasteiger charge is 2.44. The summed E-state index contributed by atoms with van der Waals surface area (Å²) in [5.41, 5.74) is 4.06. The van der Waals surface area contributed by atoms with Crippen molar-refractivity contribution < 1.29 is 38.4 Å². The molecule has 3 rings (SSSR count). The maximum Gasteiger partial charge on any atom is 0.246 e. The second-order valence-corrected chi connectivity index (χ2v) is 12.8. The zero-order valence-electron chi connectivity index (χ0n) is 27.1. The number of aliphatic hydroxyl groups excluding tert-OH is 1. The number of hydrogen-bond donors (Lipinski definition) is 3. The molecule has 0 bridgehead atoms. The molecule has 2 aromatic rings. The molecule has 252 valence electrons. The van der Waals surface area contributed by atoms with Crippen LogP contribution in [0.2, 0.25) is 0 Å². The molecule has 1 fully saturated rings. The Morgan fingerprint density at radius 2 is 1.70 bits per heavy atom. The highest BCUT2D eigenvalue weighted by molar-refractivity contribution is 7.13. The highest BCUT2D eigenvalue weighted by atomic mass is 32.1. The molecule has 0 aliphatic carbocycles. The number of nitrogens with one attached hydrogen (secondary N) is 2. The van der Waals surface area contributed by atoms with E-state index in [2.05, 4.69) is 21.5 Å². The minimum absolute atomic E-state index is 0.00223. The van der Waals surface area contributed by atoms with Gasteiger partial charge in [-0.15, -0.1) is 17.8 Å². The molecule has 0 saturated carbocycles. The SMILES string of the molecule is C#CCOCCOCCOCCOCC(=O)N[C@H](C(=O)N1C[C@H](O)C[C@H]1C(=O)NCc1ccc(-c2scnc2C)cc1)C(C)(C)C. The number of aryl methyl sites for hydroxylation is 1. The van der Waals surface area contributed by atoms with Gasteiger partial charge in [0.25, 0.3) is 0 Å². The zero-order valence-corrected chi connectivity index (χ0v) is 27.9. The molecule has 1 aromatic carbocycles. The van der Waals surface area contributed by atoms with Crippen molar-refractivity contribution in [3.63, 3.8) is 0 Å². The molecule has 0 spiro atoms. The molecular weight excluding hydrogens is 612 g/mol. The first-order valence-corrected chi connectivity index (χ1v) is 16.2. The van der Waals surface area contributed by atoms with Crippen LogP contribution in [0.5, 0.6) is 0 Å². The van der Waals surface area contributed by atoms with Crippen molar-refractivity contribution in [2.24, 2.45) is 5.41 Å². The Balaban J connectivity index is 1.45. The summed E-state index contributed by atoms with van der Waals surface area (Å²) in [6, 6.07) is 6.05. The topological polar surface area (TPSA) is 149 Å². The highest BCUT2D eigenvalue weighted by Crippen LogP contribution is 2.28. The van der Waals surface area contributed by atoms with Crippen LogP contribution in [0.1, 0.15) is 38.4 Å². The number of ether oxygens (including phenoxy) is 4. The third-order valence-electron chi connectivity index (χ3n) is 7.25. The van der Waals surface area contributed by atoms with Crippen LogP contribution in [0, 0.1) is 24.7 Å². The van der Waals surface area contributed by atoms with E-state index in [0.717, 1.165) is 21.7 Å². The minimum atomic E-state index is -0.940. The van der Waals surface area contributed by atoms with Gasteiger partial charge < -0.3 is 39.6 Å². The number of likely N-dealkylation sites (tertiary alicyclic amines) is 1. The minimum Gasteiger partial charge on any atom is -0.391 e. The van der Waals surface area contributed by atoms with Gasteiger partial charge in [-0.1, -0.05) is 51.0 Å². The van der Waals surface area contributed by atoms with Gasteiger partial charge >= 0.3 is 0 Å². The van der Waals surface area contributed by atoms with Gasteiger partial charge in [0.2, 0.25) is 17.7 Å². The van der Waals surface area contributed by atoms with Crippen LogP contribution in [-0.4, -0.2) is 110 Å². The number of hydrogen-bond acceptors (Lipinski definition) is 10. The number of thiazole rings is 1. The second kappa shape index (κ2) is 18.7. The molecule has 0 radical (unpaired) electrons. The van der Waals surface area contributed by atoms with E-state index < -0.39 is 35.4 Å². The van der Waals surface area contributed by atoms with Crippen molar-refractivity contribution in [2.45, 2.75) is 58.8 Å². The lowest BCUT2D eigenvalue weighted by atomic mass is 9.85. The van der Waals surface area contributed by atoms with Gasteiger partial charge in [-0.05, 0) is 23.5 Å². The zero-order chi connectivity index (χ0) is 33.5. The van der Waals surface area contributed by atoms with Gasteiger partial charge in [-0.3, -0.25) is 14.4 Å². The molecule has 13 heteroatoms. The molecular formula is C33H46N4O8S. The molecule has 1 aliphatic rings. The first kappa shape index (κ1) is 37.1. The lowest BCUT2D eigenvalue weighted by Crippen LogP contribution is -2.58. The Bertz CT molecular complexity index is 1300. The average molecular weight is 659 g/mol. The van der Waals surface area contributed by atoms with Crippen LogP contribution in [-0.2, 0) is 39.9 Å². The summed E-state index contributed by atoms with van der Waals surface area (Å²) >= 11 is 1.57. The average Bonchev–Trinajstić information content (AvgIpc) is 3.63. The van der Waals surface area contributed by atoms with Crippen LogP contribution in [0.3, 0.4) is 0 Å². The number of aliphatic hydroxyl groups is 1. The first-order valence-electron chi connectivity index (χ1n) is 15.3. The van der Waals surface area contributed by atoms with E-state index in [0.29, 0.717) is 26.4 Å². The maximum absolute atomic E-state index is 13.7. The van der Waals surface area contributed by atoms with Gasteiger partial charge in [-0.25, -0.2) is 4.98 Å². The molecule has 3 atom stereocenters. The smallest absolute Gasteiger partial charge is 0.246 e. The summed E-state index contributed by atoms with van der Waals surface area (Å²) in [5, 5.41) is 16.1. The van der Waals surface area contributed by atoms with E-state index in [4.69, 9.17) is 25.4 Å². The molecule has 3 N–H and O–H groups in total. The Morgan fingerprint density at radius 1 is 1.07 bits per heavy atom. The lowest BCUT2D eigenvalue weighted by molar-refractivity contribution is -0.144. The van der Waals surface area contributed by atoms with E-state index >= 15 is 0 Å². The second-order valence-electron chi connectivity index (χ2n) is 12.0. The number of amides is 3. The number of β-amino-alcohol motifs (C(OH)–C–C–N with tert-alkyl or cyclic N) is 1. The van der Waals surface area contributed by atoms with Gasteiger partial charge in [0.05, 0.1) is 61.8 Å². The molecule has 2 heterocycles. The third kappa shape index (κ3) is 11.8.